The minimum Gasteiger partial charge on any atom is -0.298 e. The van der Waals surface area contributed by atoms with E-state index in [1.165, 1.54) is 47.0 Å². The monoisotopic (exact) mass is 413 g/mol. The highest BCUT2D eigenvalue weighted by molar-refractivity contribution is 6.31. The molecule has 0 radical (unpaired) electrons. The second-order valence-corrected chi connectivity index (χ2v) is 6.59. The Morgan fingerprint density at radius 1 is 1.14 bits per heavy atom. The summed E-state index contributed by atoms with van der Waals surface area (Å²) in [7, 11) is 0. The van der Waals surface area contributed by atoms with Crippen molar-refractivity contribution in [2.75, 3.05) is 0 Å². The first kappa shape index (κ1) is 18.7. The highest BCUT2D eigenvalue weighted by Gasteiger charge is 2.12. The maximum atomic E-state index is 13.4. The maximum absolute atomic E-state index is 13.4. The van der Waals surface area contributed by atoms with Gasteiger partial charge >= 0.3 is 0 Å². The van der Waals surface area contributed by atoms with Gasteiger partial charge in [0, 0.05) is 17.4 Å². The van der Waals surface area contributed by atoms with E-state index in [-0.39, 0.29) is 24.7 Å². The molecule has 0 saturated heterocycles. The zero-order valence-corrected chi connectivity index (χ0v) is 15.8. The minimum atomic E-state index is -0.377. The number of halogens is 2. The van der Waals surface area contributed by atoms with Crippen LogP contribution in [0.1, 0.15) is 12.5 Å². The lowest BCUT2D eigenvalue weighted by Crippen LogP contribution is -2.09. The molecular weight excluding hydrogens is 401 g/mol. The molecule has 1 aromatic carbocycles. The molecule has 146 valence electrons. The summed E-state index contributed by atoms with van der Waals surface area (Å²) in [5, 5.41) is 20.3. The van der Waals surface area contributed by atoms with Crippen molar-refractivity contribution in [3.05, 3.63) is 53.2 Å². The molecule has 0 saturated carbocycles. The van der Waals surface area contributed by atoms with Gasteiger partial charge in [-0.3, -0.25) is 4.79 Å². The number of nitrogens with zero attached hydrogens (tertiary/aromatic N) is 9. The molecule has 10 nitrogen and oxygen atoms in total. The van der Waals surface area contributed by atoms with Crippen LogP contribution in [0.2, 0.25) is 5.02 Å². The van der Waals surface area contributed by atoms with Crippen molar-refractivity contribution in [2.24, 2.45) is 0 Å². The van der Waals surface area contributed by atoms with Crippen LogP contribution in [0.4, 0.5) is 4.39 Å². The fraction of sp³-hybridized carbons (Fsp3) is 0.176. The number of ketones is 1. The van der Waals surface area contributed by atoms with Crippen LogP contribution in [0.3, 0.4) is 0 Å². The summed E-state index contributed by atoms with van der Waals surface area (Å²) >= 11 is 6.08. The SMILES string of the molecule is CC(=O)Cn1nnc(-c2cnc(-c3cn(Cc4cc(F)ccc4Cl)nn3)nc2)n1. The van der Waals surface area contributed by atoms with E-state index in [2.05, 4.69) is 35.7 Å². The van der Waals surface area contributed by atoms with E-state index in [4.69, 9.17) is 11.6 Å². The lowest BCUT2D eigenvalue weighted by atomic mass is 10.2. The van der Waals surface area contributed by atoms with Gasteiger partial charge in [-0.05, 0) is 35.9 Å². The first-order valence-electron chi connectivity index (χ1n) is 8.42. The van der Waals surface area contributed by atoms with Crippen LogP contribution < -0.4 is 0 Å². The third-order valence-corrected chi connectivity index (χ3v) is 4.20. The smallest absolute Gasteiger partial charge is 0.208 e. The zero-order chi connectivity index (χ0) is 20.4. The quantitative estimate of drug-likeness (QED) is 0.469. The van der Waals surface area contributed by atoms with Crippen molar-refractivity contribution < 1.29 is 9.18 Å². The van der Waals surface area contributed by atoms with E-state index >= 15 is 0 Å². The first-order valence-corrected chi connectivity index (χ1v) is 8.80. The zero-order valence-electron chi connectivity index (χ0n) is 15.1. The first-order chi connectivity index (χ1) is 14.0. The molecule has 4 rings (SSSR count). The van der Waals surface area contributed by atoms with E-state index in [0.29, 0.717) is 33.5 Å². The molecule has 3 aromatic heterocycles. The van der Waals surface area contributed by atoms with Crippen molar-refractivity contribution in [1.29, 1.82) is 0 Å². The van der Waals surface area contributed by atoms with Gasteiger partial charge in [0.1, 0.15) is 18.1 Å². The molecular formula is C17H13ClFN9O. The van der Waals surface area contributed by atoms with E-state index in [1.807, 2.05) is 0 Å². The maximum Gasteiger partial charge on any atom is 0.208 e. The van der Waals surface area contributed by atoms with Gasteiger partial charge in [0.05, 0.1) is 18.3 Å². The van der Waals surface area contributed by atoms with Gasteiger partial charge in [-0.1, -0.05) is 16.8 Å². The summed E-state index contributed by atoms with van der Waals surface area (Å²) in [5.41, 5.74) is 1.57. The number of aromatic nitrogens is 9. The number of Topliss-reactive ketones (excluding diaryl/α,β-unsaturated/α-hetero) is 1. The Kier molecular flexibility index (Phi) is 5.04. The molecule has 0 aliphatic carbocycles. The van der Waals surface area contributed by atoms with Crippen molar-refractivity contribution in [2.45, 2.75) is 20.0 Å². The molecule has 4 aromatic rings. The molecule has 0 N–H and O–H groups in total. The number of rotatable bonds is 6. The fourth-order valence-electron chi connectivity index (χ4n) is 2.52. The molecule has 0 unspecified atom stereocenters. The largest absolute Gasteiger partial charge is 0.298 e. The summed E-state index contributed by atoms with van der Waals surface area (Å²) in [5.74, 6) is 0.198. The lowest BCUT2D eigenvalue weighted by molar-refractivity contribution is -0.117. The Balaban J connectivity index is 1.50. The Hall–Kier alpha value is -3.60. The molecule has 0 amide bonds. The fourth-order valence-corrected chi connectivity index (χ4v) is 2.70. The van der Waals surface area contributed by atoms with Gasteiger partial charge in [0.25, 0.3) is 0 Å². The van der Waals surface area contributed by atoms with Gasteiger partial charge in [-0.25, -0.2) is 19.0 Å². The Labute approximate surface area is 168 Å². The predicted molar refractivity (Wildman–Crippen MR) is 99.1 cm³/mol. The van der Waals surface area contributed by atoms with Crippen LogP contribution in [0, 0.1) is 5.82 Å². The Morgan fingerprint density at radius 2 is 1.93 bits per heavy atom. The number of tetrazole rings is 1. The van der Waals surface area contributed by atoms with Crippen molar-refractivity contribution in [3.8, 4) is 22.9 Å². The van der Waals surface area contributed by atoms with Crippen LogP contribution in [-0.2, 0) is 17.9 Å². The Bertz CT molecular complexity index is 1170. The second kappa shape index (κ2) is 7.80. The molecule has 3 heterocycles. The number of carbonyl (C=O) groups excluding carboxylic acids is 1. The number of carbonyl (C=O) groups is 1. The van der Waals surface area contributed by atoms with Crippen LogP contribution in [0.25, 0.3) is 22.9 Å². The average Bonchev–Trinajstić information content (AvgIpc) is 3.34. The molecule has 0 bridgehead atoms. The molecule has 0 aliphatic rings. The van der Waals surface area contributed by atoms with Gasteiger partial charge in [0.15, 0.2) is 11.6 Å². The standard InChI is InChI=1S/C17H13ClFN9O/c1-10(29)7-28-24-16(23-26-28)12-5-20-17(21-6-12)15-9-27(25-22-15)8-11-4-13(19)2-3-14(11)18/h2-6,9H,7-8H2,1H3. The van der Waals surface area contributed by atoms with Crippen molar-refractivity contribution in [3.63, 3.8) is 0 Å². The van der Waals surface area contributed by atoms with Crippen LogP contribution in [-0.4, -0.2) is 51.0 Å². The Morgan fingerprint density at radius 3 is 2.69 bits per heavy atom. The van der Waals surface area contributed by atoms with Gasteiger partial charge in [-0.15, -0.1) is 15.3 Å². The number of benzene rings is 1. The second-order valence-electron chi connectivity index (χ2n) is 6.18. The summed E-state index contributed by atoms with van der Waals surface area (Å²) in [6.07, 6.45) is 4.69. The van der Waals surface area contributed by atoms with Gasteiger partial charge < -0.3 is 0 Å². The molecule has 0 aliphatic heterocycles. The van der Waals surface area contributed by atoms with Crippen LogP contribution in [0.15, 0.2) is 36.8 Å². The molecule has 0 atom stereocenters. The highest BCUT2D eigenvalue weighted by Crippen LogP contribution is 2.19. The van der Waals surface area contributed by atoms with Crippen molar-refractivity contribution >= 4 is 17.4 Å². The number of hydrogen-bond acceptors (Lipinski definition) is 8. The van der Waals surface area contributed by atoms with Crippen LogP contribution >= 0.6 is 11.6 Å². The topological polar surface area (TPSA) is 117 Å². The van der Waals surface area contributed by atoms with E-state index in [9.17, 15) is 9.18 Å². The lowest BCUT2D eigenvalue weighted by Gasteiger charge is -2.03. The van der Waals surface area contributed by atoms with Gasteiger partial charge in [-0.2, -0.15) is 4.80 Å². The van der Waals surface area contributed by atoms with Crippen molar-refractivity contribution in [1.82, 2.24) is 45.2 Å². The highest BCUT2D eigenvalue weighted by atomic mass is 35.5. The predicted octanol–water partition coefficient (Wildman–Crippen LogP) is 1.82. The molecule has 12 heteroatoms. The molecule has 0 spiro atoms. The normalized spacial score (nSPS) is 11.0. The van der Waals surface area contributed by atoms with Gasteiger partial charge in [0.2, 0.25) is 5.82 Å². The van der Waals surface area contributed by atoms with E-state index < -0.39 is 0 Å². The average molecular weight is 414 g/mol. The van der Waals surface area contributed by atoms with E-state index in [0.717, 1.165) is 0 Å². The molecule has 29 heavy (non-hydrogen) atoms. The summed E-state index contributed by atoms with van der Waals surface area (Å²) in [6.45, 7) is 1.74. The third kappa shape index (κ3) is 4.29. The molecule has 0 fully saturated rings. The third-order valence-electron chi connectivity index (χ3n) is 3.83. The minimum absolute atomic E-state index is 0.0460. The van der Waals surface area contributed by atoms with Crippen LogP contribution in [0.5, 0.6) is 0 Å². The summed E-state index contributed by atoms with van der Waals surface area (Å²) in [6, 6.07) is 4.13. The summed E-state index contributed by atoms with van der Waals surface area (Å²) < 4.78 is 14.9. The van der Waals surface area contributed by atoms with E-state index in [1.54, 1.807) is 6.20 Å². The number of hydrogen-bond donors (Lipinski definition) is 0. The summed E-state index contributed by atoms with van der Waals surface area (Å²) in [4.78, 5) is 20.8.